The van der Waals surface area contributed by atoms with Crippen LogP contribution < -0.4 is 5.73 Å². The van der Waals surface area contributed by atoms with E-state index in [9.17, 15) is 9.18 Å². The van der Waals surface area contributed by atoms with Gasteiger partial charge in [-0.3, -0.25) is 4.79 Å². The second-order valence-corrected chi connectivity index (χ2v) is 5.75. The summed E-state index contributed by atoms with van der Waals surface area (Å²) in [6, 6.07) is 4.15. The van der Waals surface area contributed by atoms with Crippen molar-refractivity contribution < 1.29 is 9.18 Å². The minimum Gasteiger partial charge on any atom is -0.334 e. The van der Waals surface area contributed by atoms with E-state index in [2.05, 4.69) is 6.92 Å². The predicted octanol–water partition coefficient (Wildman–Crippen LogP) is 3.07. The fourth-order valence-electron chi connectivity index (χ4n) is 2.81. The first-order valence-electron chi connectivity index (χ1n) is 7.02. The number of piperidine rings is 1. The number of hydrogen-bond acceptors (Lipinski definition) is 2. The minimum absolute atomic E-state index is 0.00345. The van der Waals surface area contributed by atoms with Gasteiger partial charge in [-0.2, -0.15) is 0 Å². The maximum absolute atomic E-state index is 13.9. The molecule has 20 heavy (non-hydrogen) atoms. The second kappa shape index (κ2) is 6.55. The number of rotatable bonds is 3. The summed E-state index contributed by atoms with van der Waals surface area (Å²) < 4.78 is 13.9. The molecule has 2 N–H and O–H groups in total. The van der Waals surface area contributed by atoms with Crippen LogP contribution in [0.1, 0.15) is 36.5 Å². The van der Waals surface area contributed by atoms with Gasteiger partial charge in [-0.25, -0.2) is 4.39 Å². The lowest BCUT2D eigenvalue weighted by molar-refractivity contribution is 0.0554. The van der Waals surface area contributed by atoms with Gasteiger partial charge in [0.05, 0.1) is 5.56 Å². The smallest absolute Gasteiger partial charge is 0.257 e. The van der Waals surface area contributed by atoms with Crippen molar-refractivity contribution in [1.82, 2.24) is 4.90 Å². The first kappa shape index (κ1) is 15.3. The topological polar surface area (TPSA) is 46.3 Å². The van der Waals surface area contributed by atoms with E-state index in [1.54, 1.807) is 4.90 Å². The Balaban J connectivity index is 2.19. The highest BCUT2D eigenvalue weighted by atomic mass is 35.5. The molecule has 3 nitrogen and oxygen atoms in total. The molecule has 1 aromatic carbocycles. The fourth-order valence-corrected chi connectivity index (χ4v) is 2.97. The molecule has 110 valence electrons. The van der Waals surface area contributed by atoms with Crippen molar-refractivity contribution in [3.05, 3.63) is 34.6 Å². The third-order valence-electron chi connectivity index (χ3n) is 4.10. The molecule has 0 bridgehead atoms. The lowest BCUT2D eigenvalue weighted by atomic mass is 9.88. The molecule has 5 heteroatoms. The van der Waals surface area contributed by atoms with Gasteiger partial charge in [0, 0.05) is 24.2 Å². The Bertz CT molecular complexity index is 495. The third kappa shape index (κ3) is 3.13. The Hall–Kier alpha value is -1.13. The molecule has 1 aromatic rings. The Morgan fingerprint density at radius 1 is 1.55 bits per heavy atom. The zero-order valence-corrected chi connectivity index (χ0v) is 12.4. The van der Waals surface area contributed by atoms with E-state index < -0.39 is 5.82 Å². The van der Waals surface area contributed by atoms with Crippen molar-refractivity contribution in [3.8, 4) is 0 Å². The molecule has 0 saturated carbocycles. The molecule has 1 fully saturated rings. The van der Waals surface area contributed by atoms with Crippen molar-refractivity contribution in [2.45, 2.75) is 32.2 Å². The van der Waals surface area contributed by atoms with Gasteiger partial charge in [0.2, 0.25) is 0 Å². The molecule has 2 unspecified atom stereocenters. The Morgan fingerprint density at radius 3 is 2.90 bits per heavy atom. The van der Waals surface area contributed by atoms with Crippen molar-refractivity contribution in [3.63, 3.8) is 0 Å². The summed E-state index contributed by atoms with van der Waals surface area (Å²) in [6.45, 7) is 3.20. The molecule has 1 aliphatic heterocycles. The molecule has 2 rings (SSSR count). The summed E-state index contributed by atoms with van der Waals surface area (Å²) in [5.74, 6) is -0.261. The maximum atomic E-state index is 13.9. The first-order chi connectivity index (χ1) is 9.56. The van der Waals surface area contributed by atoms with Crippen LogP contribution in [0.5, 0.6) is 0 Å². The lowest BCUT2D eigenvalue weighted by Gasteiger charge is -2.39. The van der Waals surface area contributed by atoms with Crippen molar-refractivity contribution in [1.29, 1.82) is 0 Å². The molecule has 1 saturated heterocycles. The predicted molar refractivity (Wildman–Crippen MR) is 78.3 cm³/mol. The average molecular weight is 299 g/mol. The Morgan fingerprint density at radius 2 is 2.30 bits per heavy atom. The van der Waals surface area contributed by atoms with E-state index in [0.29, 0.717) is 24.0 Å². The third-order valence-corrected chi connectivity index (χ3v) is 4.33. The van der Waals surface area contributed by atoms with Gasteiger partial charge >= 0.3 is 0 Å². The zero-order valence-electron chi connectivity index (χ0n) is 11.6. The summed E-state index contributed by atoms with van der Waals surface area (Å²) in [5, 5.41) is 0.291. The summed E-state index contributed by atoms with van der Waals surface area (Å²) in [7, 11) is 0. The number of likely N-dealkylation sites (tertiary alicyclic amines) is 1. The van der Waals surface area contributed by atoms with Crippen LogP contribution >= 0.6 is 11.6 Å². The highest BCUT2D eigenvalue weighted by molar-refractivity contribution is 6.30. The van der Waals surface area contributed by atoms with Crippen molar-refractivity contribution in [2.24, 2.45) is 11.7 Å². The zero-order chi connectivity index (χ0) is 14.7. The molecule has 2 atom stereocenters. The van der Waals surface area contributed by atoms with E-state index in [1.807, 2.05) is 0 Å². The molecule has 0 spiro atoms. The van der Waals surface area contributed by atoms with Crippen LogP contribution in [-0.2, 0) is 0 Å². The van der Waals surface area contributed by atoms with Crippen LogP contribution in [0.15, 0.2) is 18.2 Å². The fraction of sp³-hybridized carbons (Fsp3) is 0.533. The first-order valence-corrected chi connectivity index (χ1v) is 7.40. The number of carbonyl (C=O) groups is 1. The van der Waals surface area contributed by atoms with E-state index in [0.717, 1.165) is 19.3 Å². The van der Waals surface area contributed by atoms with Gasteiger partial charge in [-0.15, -0.1) is 0 Å². The van der Waals surface area contributed by atoms with Crippen LogP contribution in [0, 0.1) is 11.7 Å². The summed E-state index contributed by atoms with van der Waals surface area (Å²) >= 11 is 5.72. The summed E-state index contributed by atoms with van der Waals surface area (Å²) in [5.41, 5.74) is 5.85. The average Bonchev–Trinajstić information content (AvgIpc) is 2.46. The molecule has 0 aliphatic carbocycles. The molecule has 0 radical (unpaired) electrons. The number of benzene rings is 1. The number of nitrogens with two attached hydrogens (primary N) is 1. The molecule has 1 heterocycles. The Kier molecular flexibility index (Phi) is 5.00. The van der Waals surface area contributed by atoms with Crippen LogP contribution in [0.3, 0.4) is 0 Å². The number of nitrogens with zero attached hydrogens (tertiary/aromatic N) is 1. The van der Waals surface area contributed by atoms with Gasteiger partial charge < -0.3 is 10.6 Å². The summed E-state index contributed by atoms with van der Waals surface area (Å²) in [4.78, 5) is 14.2. The highest BCUT2D eigenvalue weighted by Crippen LogP contribution is 2.27. The van der Waals surface area contributed by atoms with Crippen LogP contribution in [0.4, 0.5) is 4.39 Å². The lowest BCUT2D eigenvalue weighted by Crippen LogP contribution is -2.49. The van der Waals surface area contributed by atoms with E-state index in [-0.39, 0.29) is 17.5 Å². The minimum atomic E-state index is -0.573. The number of carbonyl (C=O) groups excluding carboxylic acids is 1. The van der Waals surface area contributed by atoms with Crippen LogP contribution in [0.2, 0.25) is 5.02 Å². The standard InChI is InChI=1S/C15H20ClFN2O/c1-2-10-5-6-19(12(7-10)9-18)15(20)13-4-3-11(16)8-14(13)17/h3-4,8,10,12H,2,5-7,9,18H2,1H3. The van der Waals surface area contributed by atoms with Crippen LogP contribution in [-0.4, -0.2) is 29.9 Å². The number of amides is 1. The SMILES string of the molecule is CCC1CCN(C(=O)c2ccc(Cl)cc2F)C(CN)C1. The highest BCUT2D eigenvalue weighted by Gasteiger charge is 2.31. The van der Waals surface area contributed by atoms with Gasteiger partial charge in [-0.1, -0.05) is 24.9 Å². The largest absolute Gasteiger partial charge is 0.334 e. The quantitative estimate of drug-likeness (QED) is 0.932. The summed E-state index contributed by atoms with van der Waals surface area (Å²) in [6.07, 6.45) is 2.94. The van der Waals surface area contributed by atoms with Crippen molar-refractivity contribution >= 4 is 17.5 Å². The van der Waals surface area contributed by atoms with Gasteiger partial charge in [0.25, 0.3) is 5.91 Å². The van der Waals surface area contributed by atoms with Crippen molar-refractivity contribution in [2.75, 3.05) is 13.1 Å². The maximum Gasteiger partial charge on any atom is 0.257 e. The van der Waals surface area contributed by atoms with E-state index in [1.165, 1.54) is 18.2 Å². The molecule has 1 aliphatic rings. The second-order valence-electron chi connectivity index (χ2n) is 5.31. The number of halogens is 2. The van der Waals surface area contributed by atoms with E-state index in [4.69, 9.17) is 17.3 Å². The Labute approximate surface area is 123 Å². The van der Waals surface area contributed by atoms with E-state index >= 15 is 0 Å². The molecule has 0 aromatic heterocycles. The van der Waals surface area contributed by atoms with Gasteiger partial charge in [-0.05, 0) is 37.0 Å². The van der Waals surface area contributed by atoms with Gasteiger partial charge in [0.15, 0.2) is 0 Å². The molecular formula is C15H20ClFN2O. The molecule has 1 amide bonds. The normalized spacial score (nSPS) is 22.9. The monoisotopic (exact) mass is 298 g/mol. The molecular weight excluding hydrogens is 279 g/mol. The van der Waals surface area contributed by atoms with Crippen LogP contribution in [0.25, 0.3) is 0 Å². The van der Waals surface area contributed by atoms with Gasteiger partial charge in [0.1, 0.15) is 5.82 Å². The number of hydrogen-bond donors (Lipinski definition) is 1.